The minimum Gasteiger partial charge on any atom is -0.353 e. The van der Waals surface area contributed by atoms with Gasteiger partial charge in [-0.1, -0.05) is 74.5 Å². The highest BCUT2D eigenvalue weighted by atomic mass is 16.2. The van der Waals surface area contributed by atoms with E-state index < -0.39 is 6.04 Å². The molecule has 140 valence electrons. The van der Waals surface area contributed by atoms with Gasteiger partial charge in [0.25, 0.3) is 0 Å². The van der Waals surface area contributed by atoms with Crippen molar-refractivity contribution in [3.63, 3.8) is 0 Å². The first-order valence-electron chi connectivity index (χ1n) is 9.42. The van der Waals surface area contributed by atoms with Crippen molar-refractivity contribution >= 4 is 5.91 Å². The fraction of sp³-hybridized carbons (Fsp3) is 0.409. The van der Waals surface area contributed by atoms with Gasteiger partial charge in [0.1, 0.15) is 6.04 Å². The summed E-state index contributed by atoms with van der Waals surface area (Å²) >= 11 is 0. The standard InChI is InChI=1S/C22H31N3O/c1-4-22(5-2,25-17(3)18-12-8-6-9-13-18)16-24-21(26)20(23)19-14-10-7-11-15-19/h6-15,17,20,25H,4-5,16,23H2,1-3H3,(H,24,26). The summed E-state index contributed by atoms with van der Waals surface area (Å²) < 4.78 is 0. The molecular formula is C22H31N3O. The fourth-order valence-electron chi connectivity index (χ4n) is 3.22. The monoisotopic (exact) mass is 353 g/mol. The lowest BCUT2D eigenvalue weighted by Gasteiger charge is -2.36. The van der Waals surface area contributed by atoms with Gasteiger partial charge in [0.15, 0.2) is 0 Å². The van der Waals surface area contributed by atoms with Crippen molar-refractivity contribution in [3.05, 3.63) is 71.8 Å². The molecule has 0 saturated heterocycles. The van der Waals surface area contributed by atoms with Crippen LogP contribution in [-0.4, -0.2) is 18.0 Å². The van der Waals surface area contributed by atoms with E-state index in [1.165, 1.54) is 5.56 Å². The van der Waals surface area contributed by atoms with Crippen LogP contribution in [0, 0.1) is 0 Å². The van der Waals surface area contributed by atoms with E-state index >= 15 is 0 Å². The maximum atomic E-state index is 12.5. The number of benzene rings is 2. The van der Waals surface area contributed by atoms with Crippen molar-refractivity contribution in [1.29, 1.82) is 0 Å². The zero-order valence-corrected chi connectivity index (χ0v) is 16.0. The van der Waals surface area contributed by atoms with Gasteiger partial charge in [0.05, 0.1) is 0 Å². The first-order valence-corrected chi connectivity index (χ1v) is 9.42. The topological polar surface area (TPSA) is 67.2 Å². The summed E-state index contributed by atoms with van der Waals surface area (Å²) in [7, 11) is 0. The van der Waals surface area contributed by atoms with Gasteiger partial charge in [-0.3, -0.25) is 4.79 Å². The Morgan fingerprint density at radius 2 is 1.46 bits per heavy atom. The number of hydrogen-bond acceptors (Lipinski definition) is 3. The molecule has 2 unspecified atom stereocenters. The van der Waals surface area contributed by atoms with E-state index in [0.29, 0.717) is 6.54 Å². The Labute approximate surface area is 157 Å². The van der Waals surface area contributed by atoms with Crippen LogP contribution < -0.4 is 16.4 Å². The van der Waals surface area contributed by atoms with E-state index in [1.807, 2.05) is 48.5 Å². The van der Waals surface area contributed by atoms with E-state index in [9.17, 15) is 4.79 Å². The van der Waals surface area contributed by atoms with Crippen molar-refractivity contribution in [2.75, 3.05) is 6.54 Å². The Bertz CT molecular complexity index is 668. The summed E-state index contributed by atoms with van der Waals surface area (Å²) in [6.07, 6.45) is 1.84. The molecule has 0 saturated carbocycles. The Hall–Kier alpha value is -2.17. The molecule has 2 aromatic rings. The van der Waals surface area contributed by atoms with Gasteiger partial charge in [0.2, 0.25) is 5.91 Å². The van der Waals surface area contributed by atoms with Crippen molar-refractivity contribution in [2.24, 2.45) is 5.73 Å². The van der Waals surface area contributed by atoms with Gasteiger partial charge in [-0.15, -0.1) is 0 Å². The van der Waals surface area contributed by atoms with Crippen molar-refractivity contribution < 1.29 is 4.79 Å². The normalized spacial score (nSPS) is 13.8. The third-order valence-corrected chi connectivity index (χ3v) is 5.22. The van der Waals surface area contributed by atoms with Crippen LogP contribution in [0.2, 0.25) is 0 Å². The minimum atomic E-state index is -0.644. The molecule has 1 amide bonds. The number of rotatable bonds is 9. The Kier molecular flexibility index (Phi) is 7.37. The SMILES string of the molecule is CCC(CC)(CNC(=O)C(N)c1ccccc1)NC(C)c1ccccc1. The van der Waals surface area contributed by atoms with Crippen LogP contribution in [0.25, 0.3) is 0 Å². The van der Waals surface area contributed by atoms with Crippen molar-refractivity contribution in [2.45, 2.75) is 51.2 Å². The average molecular weight is 354 g/mol. The van der Waals surface area contributed by atoms with Crippen LogP contribution in [0.5, 0.6) is 0 Å². The van der Waals surface area contributed by atoms with Crippen LogP contribution in [0.1, 0.15) is 56.8 Å². The van der Waals surface area contributed by atoms with Gasteiger partial charge in [-0.2, -0.15) is 0 Å². The second-order valence-corrected chi connectivity index (χ2v) is 6.87. The molecule has 0 aliphatic carbocycles. The highest BCUT2D eigenvalue weighted by molar-refractivity contribution is 5.82. The second kappa shape index (κ2) is 9.51. The van der Waals surface area contributed by atoms with Crippen LogP contribution in [0.3, 0.4) is 0 Å². The zero-order valence-electron chi connectivity index (χ0n) is 16.0. The van der Waals surface area contributed by atoms with E-state index in [-0.39, 0.29) is 17.5 Å². The minimum absolute atomic E-state index is 0.142. The highest BCUT2D eigenvalue weighted by Gasteiger charge is 2.29. The molecule has 0 fully saturated rings. The number of carbonyl (C=O) groups excluding carboxylic acids is 1. The highest BCUT2D eigenvalue weighted by Crippen LogP contribution is 2.22. The van der Waals surface area contributed by atoms with Gasteiger partial charge >= 0.3 is 0 Å². The number of nitrogens with one attached hydrogen (secondary N) is 2. The molecule has 0 aliphatic rings. The smallest absolute Gasteiger partial charge is 0.241 e. The third kappa shape index (κ3) is 5.16. The Morgan fingerprint density at radius 3 is 1.96 bits per heavy atom. The van der Waals surface area contributed by atoms with Crippen LogP contribution in [0.4, 0.5) is 0 Å². The maximum Gasteiger partial charge on any atom is 0.241 e. The third-order valence-electron chi connectivity index (χ3n) is 5.22. The number of hydrogen-bond donors (Lipinski definition) is 3. The lowest BCUT2D eigenvalue weighted by molar-refractivity contribution is -0.122. The quantitative estimate of drug-likeness (QED) is 0.644. The van der Waals surface area contributed by atoms with Gasteiger partial charge in [-0.25, -0.2) is 0 Å². The van der Waals surface area contributed by atoms with E-state index in [1.54, 1.807) is 0 Å². The average Bonchev–Trinajstić information content (AvgIpc) is 2.71. The van der Waals surface area contributed by atoms with Crippen LogP contribution in [-0.2, 0) is 4.79 Å². The molecule has 0 radical (unpaired) electrons. The molecule has 4 heteroatoms. The summed E-state index contributed by atoms with van der Waals surface area (Å²) in [6, 6.07) is 19.4. The summed E-state index contributed by atoms with van der Waals surface area (Å²) in [5, 5.41) is 6.78. The van der Waals surface area contributed by atoms with Crippen molar-refractivity contribution in [3.8, 4) is 0 Å². The number of carbonyl (C=O) groups is 1. The van der Waals surface area contributed by atoms with E-state index in [0.717, 1.165) is 18.4 Å². The Balaban J connectivity index is 2.01. The predicted octanol–water partition coefficient (Wildman–Crippen LogP) is 3.71. The number of nitrogens with two attached hydrogens (primary N) is 1. The summed E-state index contributed by atoms with van der Waals surface area (Å²) in [4.78, 5) is 12.5. The van der Waals surface area contributed by atoms with Crippen molar-refractivity contribution in [1.82, 2.24) is 10.6 Å². The largest absolute Gasteiger partial charge is 0.353 e. The number of amides is 1. The molecular weight excluding hydrogens is 322 g/mol. The van der Waals surface area contributed by atoms with E-state index in [2.05, 4.69) is 43.5 Å². The van der Waals surface area contributed by atoms with Gasteiger partial charge < -0.3 is 16.4 Å². The first-order chi connectivity index (χ1) is 12.5. The van der Waals surface area contributed by atoms with Crippen LogP contribution in [0.15, 0.2) is 60.7 Å². The molecule has 0 heterocycles. The maximum absolute atomic E-state index is 12.5. The second-order valence-electron chi connectivity index (χ2n) is 6.87. The van der Waals surface area contributed by atoms with Gasteiger partial charge in [-0.05, 0) is 30.9 Å². The molecule has 0 spiro atoms. The fourth-order valence-corrected chi connectivity index (χ4v) is 3.22. The Morgan fingerprint density at radius 1 is 0.962 bits per heavy atom. The molecule has 4 N–H and O–H groups in total. The molecule has 2 atom stereocenters. The summed E-state index contributed by atoms with van der Waals surface area (Å²) in [5.41, 5.74) is 8.02. The molecule has 26 heavy (non-hydrogen) atoms. The summed E-state index contributed by atoms with van der Waals surface area (Å²) in [6.45, 7) is 7.01. The zero-order chi connectivity index (χ0) is 19.0. The van der Waals surface area contributed by atoms with E-state index in [4.69, 9.17) is 5.73 Å². The molecule has 0 aliphatic heterocycles. The lowest BCUT2D eigenvalue weighted by Crippen LogP contribution is -2.54. The molecule has 4 nitrogen and oxygen atoms in total. The lowest BCUT2D eigenvalue weighted by atomic mass is 9.90. The van der Waals surface area contributed by atoms with Crippen LogP contribution >= 0.6 is 0 Å². The summed E-state index contributed by atoms with van der Waals surface area (Å²) in [5.74, 6) is -0.142. The first kappa shape index (κ1) is 20.1. The van der Waals surface area contributed by atoms with Gasteiger partial charge in [0, 0.05) is 18.1 Å². The predicted molar refractivity (Wildman–Crippen MR) is 108 cm³/mol. The molecule has 2 aromatic carbocycles. The molecule has 0 aromatic heterocycles. The molecule has 0 bridgehead atoms. The molecule has 2 rings (SSSR count).